The lowest BCUT2D eigenvalue weighted by atomic mass is 10.3. The molecule has 1 fully saturated rings. The van der Waals surface area contributed by atoms with Gasteiger partial charge in [-0.25, -0.2) is 9.97 Å². The van der Waals surface area contributed by atoms with Gasteiger partial charge < -0.3 is 14.5 Å². The summed E-state index contributed by atoms with van der Waals surface area (Å²) in [6.07, 6.45) is 6.39. The number of pyridine rings is 1. The number of methoxy groups -OCH3 is 1. The molecular weight excluding hydrogens is 278 g/mol. The Bertz CT molecular complexity index is 616. The lowest BCUT2D eigenvalue weighted by Crippen LogP contribution is -2.31. The first-order valence-electron chi connectivity index (χ1n) is 7.55. The first-order valence-corrected chi connectivity index (χ1v) is 7.55. The van der Waals surface area contributed by atoms with E-state index in [2.05, 4.69) is 36.9 Å². The van der Waals surface area contributed by atoms with E-state index in [1.54, 1.807) is 19.5 Å². The molecule has 0 saturated carbocycles. The van der Waals surface area contributed by atoms with Crippen LogP contribution in [0.3, 0.4) is 0 Å². The van der Waals surface area contributed by atoms with E-state index in [1.165, 1.54) is 5.69 Å². The van der Waals surface area contributed by atoms with Crippen LogP contribution in [0.4, 0.5) is 11.6 Å². The van der Waals surface area contributed by atoms with Gasteiger partial charge in [0.15, 0.2) is 5.75 Å². The highest BCUT2D eigenvalue weighted by Gasteiger charge is 2.17. The van der Waals surface area contributed by atoms with E-state index in [-0.39, 0.29) is 0 Å². The van der Waals surface area contributed by atoms with Crippen LogP contribution in [0.5, 0.6) is 5.75 Å². The third-order valence-corrected chi connectivity index (χ3v) is 3.87. The number of hydrogen-bond donors (Lipinski definition) is 0. The Hall–Kier alpha value is -2.37. The summed E-state index contributed by atoms with van der Waals surface area (Å²) < 4.78 is 5.11. The Kier molecular flexibility index (Phi) is 4.37. The zero-order valence-corrected chi connectivity index (χ0v) is 13.1. The number of ether oxygens (including phenoxy) is 1. The van der Waals surface area contributed by atoms with Crippen molar-refractivity contribution >= 4 is 11.6 Å². The Labute approximate surface area is 130 Å². The molecule has 116 valence electrons. The molecule has 0 N–H and O–H groups in total. The van der Waals surface area contributed by atoms with E-state index in [9.17, 15) is 0 Å². The lowest BCUT2D eigenvalue weighted by molar-refractivity contribution is 0.410. The summed E-state index contributed by atoms with van der Waals surface area (Å²) >= 11 is 0. The molecule has 0 radical (unpaired) electrons. The molecule has 0 bridgehead atoms. The number of rotatable bonds is 3. The number of aryl methyl sites for hydroxylation is 1. The van der Waals surface area contributed by atoms with E-state index in [1.807, 2.05) is 13.1 Å². The fraction of sp³-hybridized carbons (Fsp3) is 0.438. The van der Waals surface area contributed by atoms with Crippen LogP contribution >= 0.6 is 0 Å². The predicted molar refractivity (Wildman–Crippen MR) is 86.6 cm³/mol. The second-order valence-electron chi connectivity index (χ2n) is 5.41. The van der Waals surface area contributed by atoms with Crippen LogP contribution in [0.1, 0.15) is 12.1 Å². The second-order valence-corrected chi connectivity index (χ2v) is 5.41. The van der Waals surface area contributed by atoms with Gasteiger partial charge in [0.2, 0.25) is 5.95 Å². The van der Waals surface area contributed by atoms with Crippen molar-refractivity contribution in [2.75, 3.05) is 43.1 Å². The highest BCUT2D eigenvalue weighted by molar-refractivity contribution is 5.47. The average Bonchev–Trinajstić information content (AvgIpc) is 2.81. The molecule has 2 aromatic heterocycles. The normalized spacial score (nSPS) is 15.5. The maximum absolute atomic E-state index is 5.11. The topological polar surface area (TPSA) is 54.4 Å². The van der Waals surface area contributed by atoms with Crippen LogP contribution in [-0.2, 0) is 0 Å². The molecule has 6 heteroatoms. The zero-order valence-electron chi connectivity index (χ0n) is 13.1. The van der Waals surface area contributed by atoms with E-state index >= 15 is 0 Å². The van der Waals surface area contributed by atoms with E-state index in [0.29, 0.717) is 5.75 Å². The second kappa shape index (κ2) is 6.60. The highest BCUT2D eigenvalue weighted by Crippen LogP contribution is 2.19. The van der Waals surface area contributed by atoms with Gasteiger partial charge in [0.25, 0.3) is 0 Å². The van der Waals surface area contributed by atoms with Crippen LogP contribution < -0.4 is 14.5 Å². The molecule has 0 amide bonds. The first kappa shape index (κ1) is 14.6. The van der Waals surface area contributed by atoms with Crippen molar-refractivity contribution < 1.29 is 4.74 Å². The standard InChI is InChI=1S/C16H21N5O/c1-13-10-14(4-5-17-13)20-6-3-7-21(9-8-20)16-18-11-15(22-2)12-19-16/h4-5,10-12H,3,6-9H2,1-2H3. The van der Waals surface area contributed by atoms with Gasteiger partial charge in [-0.3, -0.25) is 4.98 Å². The molecule has 1 aliphatic heterocycles. The number of hydrogen-bond acceptors (Lipinski definition) is 6. The maximum Gasteiger partial charge on any atom is 0.225 e. The molecule has 3 rings (SSSR count). The van der Waals surface area contributed by atoms with Crippen molar-refractivity contribution in [3.8, 4) is 5.75 Å². The average molecular weight is 299 g/mol. The van der Waals surface area contributed by atoms with Crippen LogP contribution in [0, 0.1) is 6.92 Å². The molecule has 0 aromatic carbocycles. The van der Waals surface area contributed by atoms with Crippen LogP contribution in [0.2, 0.25) is 0 Å². The summed E-state index contributed by atoms with van der Waals surface area (Å²) in [7, 11) is 1.62. The largest absolute Gasteiger partial charge is 0.494 e. The van der Waals surface area contributed by atoms with Crippen LogP contribution in [-0.4, -0.2) is 48.2 Å². The van der Waals surface area contributed by atoms with Crippen molar-refractivity contribution in [1.82, 2.24) is 15.0 Å². The third kappa shape index (κ3) is 3.27. The van der Waals surface area contributed by atoms with Gasteiger partial charge in [-0.2, -0.15) is 0 Å². The van der Waals surface area contributed by atoms with E-state index in [0.717, 1.165) is 44.2 Å². The molecule has 1 saturated heterocycles. The SMILES string of the molecule is COc1cnc(N2CCCN(c3ccnc(C)c3)CC2)nc1. The van der Waals surface area contributed by atoms with Gasteiger partial charge in [-0.15, -0.1) is 0 Å². The number of aromatic nitrogens is 3. The predicted octanol–water partition coefficient (Wildman–Crippen LogP) is 1.91. The van der Waals surface area contributed by atoms with Gasteiger partial charge in [0.1, 0.15) is 0 Å². The number of nitrogens with zero attached hydrogens (tertiary/aromatic N) is 5. The van der Waals surface area contributed by atoms with Crippen molar-refractivity contribution in [3.63, 3.8) is 0 Å². The smallest absolute Gasteiger partial charge is 0.225 e. The summed E-state index contributed by atoms with van der Waals surface area (Å²) in [5.41, 5.74) is 2.29. The molecule has 6 nitrogen and oxygen atoms in total. The third-order valence-electron chi connectivity index (χ3n) is 3.87. The molecular formula is C16H21N5O. The molecule has 0 atom stereocenters. The minimum absolute atomic E-state index is 0.687. The fourth-order valence-electron chi connectivity index (χ4n) is 2.68. The molecule has 2 aromatic rings. The molecule has 0 aliphatic carbocycles. The summed E-state index contributed by atoms with van der Waals surface area (Å²) in [6.45, 7) is 5.90. The molecule has 0 spiro atoms. The molecule has 0 unspecified atom stereocenters. The van der Waals surface area contributed by atoms with E-state index < -0.39 is 0 Å². The van der Waals surface area contributed by atoms with Gasteiger partial charge in [0, 0.05) is 43.8 Å². The maximum atomic E-state index is 5.11. The zero-order chi connectivity index (χ0) is 15.4. The van der Waals surface area contributed by atoms with Crippen LogP contribution in [0.15, 0.2) is 30.7 Å². The van der Waals surface area contributed by atoms with Crippen LogP contribution in [0.25, 0.3) is 0 Å². The van der Waals surface area contributed by atoms with Gasteiger partial charge in [0.05, 0.1) is 19.5 Å². The Morgan fingerprint density at radius 2 is 1.73 bits per heavy atom. The van der Waals surface area contributed by atoms with Crippen molar-refractivity contribution in [1.29, 1.82) is 0 Å². The van der Waals surface area contributed by atoms with Crippen molar-refractivity contribution in [2.45, 2.75) is 13.3 Å². The lowest BCUT2D eigenvalue weighted by Gasteiger charge is -2.23. The minimum atomic E-state index is 0.687. The van der Waals surface area contributed by atoms with Gasteiger partial charge >= 0.3 is 0 Å². The minimum Gasteiger partial charge on any atom is -0.494 e. The summed E-state index contributed by atoms with van der Waals surface area (Å²) in [4.78, 5) is 17.7. The van der Waals surface area contributed by atoms with Crippen molar-refractivity contribution in [3.05, 3.63) is 36.4 Å². The van der Waals surface area contributed by atoms with Crippen molar-refractivity contribution in [2.24, 2.45) is 0 Å². The Morgan fingerprint density at radius 1 is 1.00 bits per heavy atom. The number of anilines is 2. The van der Waals surface area contributed by atoms with Gasteiger partial charge in [-0.05, 0) is 25.5 Å². The summed E-state index contributed by atoms with van der Waals surface area (Å²) in [5, 5.41) is 0. The summed E-state index contributed by atoms with van der Waals surface area (Å²) in [6, 6.07) is 4.21. The highest BCUT2D eigenvalue weighted by atomic mass is 16.5. The molecule has 22 heavy (non-hydrogen) atoms. The molecule has 3 heterocycles. The first-order chi connectivity index (χ1) is 10.8. The molecule has 1 aliphatic rings. The summed E-state index contributed by atoms with van der Waals surface area (Å²) in [5.74, 6) is 1.46. The van der Waals surface area contributed by atoms with Gasteiger partial charge in [-0.1, -0.05) is 0 Å². The fourth-order valence-corrected chi connectivity index (χ4v) is 2.68. The van der Waals surface area contributed by atoms with E-state index in [4.69, 9.17) is 4.74 Å². The Morgan fingerprint density at radius 3 is 2.45 bits per heavy atom. The Balaban J connectivity index is 1.69. The quantitative estimate of drug-likeness (QED) is 0.863. The monoisotopic (exact) mass is 299 g/mol.